The summed E-state index contributed by atoms with van der Waals surface area (Å²) in [5, 5.41) is 0. The number of nitrogens with zero attached hydrogens (tertiary/aromatic N) is 4. The molecule has 3 aromatic rings. The molecule has 37 heavy (non-hydrogen) atoms. The highest BCUT2D eigenvalue weighted by Gasteiger charge is 2.36. The van der Waals surface area contributed by atoms with Crippen molar-refractivity contribution in [2.24, 2.45) is 0 Å². The normalized spacial score (nSPS) is 15.1. The van der Waals surface area contributed by atoms with E-state index in [4.69, 9.17) is 4.74 Å². The number of anilines is 1. The van der Waals surface area contributed by atoms with Crippen molar-refractivity contribution in [2.45, 2.75) is 24.0 Å². The van der Waals surface area contributed by atoms with Crippen LogP contribution in [0.4, 0.5) is 19.1 Å². The van der Waals surface area contributed by atoms with Crippen molar-refractivity contribution < 1.29 is 26.3 Å². The molecule has 12 heteroatoms. The van der Waals surface area contributed by atoms with Crippen molar-refractivity contribution in [2.75, 3.05) is 44.2 Å². The van der Waals surface area contributed by atoms with E-state index in [0.29, 0.717) is 12.2 Å². The van der Waals surface area contributed by atoms with Crippen molar-refractivity contribution in [3.05, 3.63) is 78.1 Å². The molecule has 0 unspecified atom stereocenters. The van der Waals surface area contributed by atoms with Gasteiger partial charge in [0.2, 0.25) is 16.0 Å². The van der Waals surface area contributed by atoms with E-state index in [2.05, 4.69) is 24.5 Å². The Balaban J connectivity index is 1.18. The summed E-state index contributed by atoms with van der Waals surface area (Å²) in [6.45, 7) is 4.50. The summed E-state index contributed by atoms with van der Waals surface area (Å²) in [7, 11) is -4.30. The third-order valence-electron chi connectivity index (χ3n) is 5.90. The summed E-state index contributed by atoms with van der Waals surface area (Å²) in [5.41, 5.74) is -0.0428. The molecule has 0 amide bonds. The van der Waals surface area contributed by atoms with Crippen LogP contribution in [0.5, 0.6) is 5.75 Å². The third kappa shape index (κ3) is 7.40. The summed E-state index contributed by atoms with van der Waals surface area (Å²) in [5.74, 6) is 1.39. The van der Waals surface area contributed by atoms with Gasteiger partial charge >= 0.3 is 6.18 Å². The zero-order valence-electron chi connectivity index (χ0n) is 20.1. The molecule has 1 aliphatic rings. The summed E-state index contributed by atoms with van der Waals surface area (Å²) in [4.78, 5) is 12.4. The van der Waals surface area contributed by atoms with E-state index < -0.39 is 26.7 Å². The van der Waals surface area contributed by atoms with Gasteiger partial charge < -0.3 is 9.64 Å². The first-order chi connectivity index (χ1) is 17.7. The van der Waals surface area contributed by atoms with Gasteiger partial charge in [0.1, 0.15) is 5.75 Å². The summed E-state index contributed by atoms with van der Waals surface area (Å²) in [6.07, 6.45) is -0.972. The number of alkyl halides is 3. The Labute approximate surface area is 214 Å². The van der Waals surface area contributed by atoms with Crippen molar-refractivity contribution >= 4 is 16.0 Å². The number of nitrogens with one attached hydrogen (secondary N) is 1. The number of benzene rings is 2. The Hall–Kier alpha value is -3.22. The Morgan fingerprint density at radius 1 is 0.919 bits per heavy atom. The predicted molar refractivity (Wildman–Crippen MR) is 133 cm³/mol. The lowest BCUT2D eigenvalue weighted by molar-refractivity contribution is -0.139. The topological polar surface area (TPSA) is 87.7 Å². The third-order valence-corrected chi connectivity index (χ3v) is 7.42. The lowest BCUT2D eigenvalue weighted by atomic mass is 10.2. The summed E-state index contributed by atoms with van der Waals surface area (Å²) >= 11 is 0. The maximum Gasteiger partial charge on any atom is 0.417 e. The largest absolute Gasteiger partial charge is 0.494 e. The van der Waals surface area contributed by atoms with Gasteiger partial charge in [-0.15, -0.1) is 0 Å². The molecule has 2 heterocycles. The highest BCUT2D eigenvalue weighted by Crippen LogP contribution is 2.33. The SMILES string of the molecule is O=S(=O)(NCCCOc1ccc(CN2CCN(c3ncccn3)CC2)cc1)c1ccccc1C(F)(F)F. The molecule has 0 radical (unpaired) electrons. The Kier molecular flexibility index (Phi) is 8.62. The molecule has 0 saturated carbocycles. The number of rotatable bonds is 10. The fourth-order valence-corrected chi connectivity index (χ4v) is 5.29. The van der Waals surface area contributed by atoms with Gasteiger partial charge in [-0.3, -0.25) is 4.90 Å². The van der Waals surface area contributed by atoms with E-state index in [-0.39, 0.29) is 13.2 Å². The van der Waals surface area contributed by atoms with Crippen LogP contribution in [0.3, 0.4) is 0 Å². The number of hydrogen-bond acceptors (Lipinski definition) is 7. The van der Waals surface area contributed by atoms with Crippen LogP contribution in [0.15, 0.2) is 71.9 Å². The van der Waals surface area contributed by atoms with Crippen LogP contribution in [0.1, 0.15) is 17.5 Å². The second-order valence-corrected chi connectivity index (χ2v) is 10.3. The van der Waals surface area contributed by atoms with Crippen LogP contribution in [0.2, 0.25) is 0 Å². The number of ether oxygens (including phenoxy) is 1. The first-order valence-electron chi connectivity index (χ1n) is 11.8. The minimum atomic E-state index is -4.76. The van der Waals surface area contributed by atoms with Gasteiger partial charge in [0.25, 0.3) is 0 Å². The second kappa shape index (κ2) is 11.9. The van der Waals surface area contributed by atoms with Crippen molar-refractivity contribution in [1.29, 1.82) is 0 Å². The zero-order chi connectivity index (χ0) is 26.3. The average molecular weight is 536 g/mol. The lowest BCUT2D eigenvalue weighted by Crippen LogP contribution is -2.46. The highest BCUT2D eigenvalue weighted by atomic mass is 32.2. The van der Waals surface area contributed by atoms with Crippen LogP contribution in [-0.2, 0) is 22.7 Å². The summed E-state index contributed by atoms with van der Waals surface area (Å²) < 4.78 is 72.0. The molecule has 1 N–H and O–H groups in total. The van der Waals surface area contributed by atoms with Crippen LogP contribution in [0, 0.1) is 0 Å². The smallest absolute Gasteiger partial charge is 0.417 e. The van der Waals surface area contributed by atoms with Gasteiger partial charge in [-0.25, -0.2) is 23.1 Å². The lowest BCUT2D eigenvalue weighted by Gasteiger charge is -2.34. The number of sulfonamides is 1. The van der Waals surface area contributed by atoms with Crippen LogP contribution >= 0.6 is 0 Å². The Bertz CT molecular complexity index is 1250. The standard InChI is InChI=1S/C25H28F3N5O3S/c26-25(27,28)22-5-1-2-6-23(22)37(34,35)31-13-4-18-36-21-9-7-20(8-10-21)19-32-14-16-33(17-15-32)24-29-11-3-12-30-24/h1-3,5-12,31H,4,13-19H2. The van der Waals surface area contributed by atoms with Crippen LogP contribution in [-0.4, -0.2) is 62.6 Å². The van der Waals surface area contributed by atoms with E-state index in [0.717, 1.165) is 62.4 Å². The Morgan fingerprint density at radius 2 is 1.59 bits per heavy atom. The van der Waals surface area contributed by atoms with Gasteiger partial charge in [0, 0.05) is 51.7 Å². The van der Waals surface area contributed by atoms with Crippen molar-refractivity contribution in [3.63, 3.8) is 0 Å². The Morgan fingerprint density at radius 3 is 2.27 bits per heavy atom. The molecular weight excluding hydrogens is 507 g/mol. The van der Waals surface area contributed by atoms with E-state index in [1.54, 1.807) is 18.5 Å². The van der Waals surface area contributed by atoms with Gasteiger partial charge in [-0.05, 0) is 42.3 Å². The molecule has 1 aromatic heterocycles. The zero-order valence-corrected chi connectivity index (χ0v) is 20.9. The quantitative estimate of drug-likeness (QED) is 0.397. The first kappa shape index (κ1) is 26.8. The minimum Gasteiger partial charge on any atom is -0.494 e. The van der Waals surface area contributed by atoms with E-state index >= 15 is 0 Å². The monoisotopic (exact) mass is 535 g/mol. The number of piperazine rings is 1. The number of halogens is 3. The first-order valence-corrected chi connectivity index (χ1v) is 13.3. The maximum absolute atomic E-state index is 13.1. The molecule has 2 aromatic carbocycles. The molecule has 1 saturated heterocycles. The maximum atomic E-state index is 13.1. The molecular formula is C25H28F3N5O3S. The molecule has 0 aliphatic carbocycles. The highest BCUT2D eigenvalue weighted by molar-refractivity contribution is 7.89. The van der Waals surface area contributed by atoms with Crippen LogP contribution in [0.25, 0.3) is 0 Å². The molecule has 0 spiro atoms. The molecule has 0 bridgehead atoms. The number of aromatic nitrogens is 2. The predicted octanol–water partition coefficient (Wildman–Crippen LogP) is 3.57. The van der Waals surface area contributed by atoms with Gasteiger partial charge in [0.15, 0.2) is 0 Å². The average Bonchev–Trinajstić information content (AvgIpc) is 2.90. The van der Waals surface area contributed by atoms with Gasteiger partial charge in [0.05, 0.1) is 17.1 Å². The second-order valence-electron chi connectivity index (χ2n) is 8.55. The fourth-order valence-electron chi connectivity index (χ4n) is 3.99. The number of hydrogen-bond donors (Lipinski definition) is 1. The van der Waals surface area contributed by atoms with E-state index in [1.807, 2.05) is 24.3 Å². The van der Waals surface area contributed by atoms with Gasteiger partial charge in [-0.2, -0.15) is 13.2 Å². The molecule has 1 fully saturated rings. The fraction of sp³-hybridized carbons (Fsp3) is 0.360. The van der Waals surface area contributed by atoms with E-state index in [1.165, 1.54) is 6.07 Å². The molecule has 4 rings (SSSR count). The summed E-state index contributed by atoms with van der Waals surface area (Å²) in [6, 6.07) is 13.6. The molecule has 0 atom stereocenters. The van der Waals surface area contributed by atoms with E-state index in [9.17, 15) is 21.6 Å². The van der Waals surface area contributed by atoms with Crippen molar-refractivity contribution in [1.82, 2.24) is 19.6 Å². The molecule has 198 valence electrons. The van der Waals surface area contributed by atoms with Gasteiger partial charge in [-0.1, -0.05) is 24.3 Å². The molecule has 1 aliphatic heterocycles. The molecule has 8 nitrogen and oxygen atoms in total. The minimum absolute atomic E-state index is 0.0490. The van der Waals surface area contributed by atoms with Crippen molar-refractivity contribution in [3.8, 4) is 5.75 Å². The van der Waals surface area contributed by atoms with Crippen LogP contribution < -0.4 is 14.4 Å².